The van der Waals surface area contributed by atoms with Crippen LogP contribution < -0.4 is 0 Å². The van der Waals surface area contributed by atoms with Crippen molar-refractivity contribution in [2.75, 3.05) is 6.54 Å². The summed E-state index contributed by atoms with van der Waals surface area (Å²) in [6, 6.07) is 7.83. The molecule has 21 heavy (non-hydrogen) atoms. The summed E-state index contributed by atoms with van der Waals surface area (Å²) in [6.45, 7) is 2.00. The van der Waals surface area contributed by atoms with Crippen LogP contribution >= 0.6 is 22.6 Å². The van der Waals surface area contributed by atoms with Crippen LogP contribution in [0.3, 0.4) is 0 Å². The second kappa shape index (κ2) is 7.77. The normalized spacial score (nSPS) is 17.3. The number of hydrogen-bond donors (Lipinski definition) is 0. The number of nitrogens with zero attached hydrogens (tertiary/aromatic N) is 1. The van der Waals surface area contributed by atoms with E-state index in [-0.39, 0.29) is 11.5 Å². The molecule has 2 rings (SSSR count). The minimum atomic E-state index is -0.462. The molecule has 0 fully saturated rings. The molecule has 1 atom stereocenters. The first-order chi connectivity index (χ1) is 10.1. The highest BCUT2D eigenvalue weighted by atomic mass is 127. The van der Waals surface area contributed by atoms with E-state index in [4.69, 9.17) is 4.74 Å². The third-order valence-electron chi connectivity index (χ3n) is 3.65. The smallest absolute Gasteiger partial charge is 0.244 e. The van der Waals surface area contributed by atoms with Crippen molar-refractivity contribution in [3.63, 3.8) is 0 Å². The van der Waals surface area contributed by atoms with Gasteiger partial charge >= 0.3 is 0 Å². The molecule has 1 aromatic rings. The van der Waals surface area contributed by atoms with Gasteiger partial charge in [0.15, 0.2) is 6.10 Å². The van der Waals surface area contributed by atoms with Gasteiger partial charge < -0.3 is 4.74 Å². The second-order valence-corrected chi connectivity index (χ2v) is 6.34. The van der Waals surface area contributed by atoms with Gasteiger partial charge in [-0.3, -0.25) is 10.1 Å². The predicted molar refractivity (Wildman–Crippen MR) is 91.8 cm³/mol. The second-order valence-electron chi connectivity index (χ2n) is 5.26. The number of hydrogen-bond acceptors (Lipinski definition) is 3. The van der Waals surface area contributed by atoms with Crippen molar-refractivity contribution in [1.29, 1.82) is 0 Å². The number of nitro groups is 1. The molecule has 0 radical (unpaired) electrons. The Balaban J connectivity index is 2.19. The van der Waals surface area contributed by atoms with E-state index in [9.17, 15) is 10.1 Å². The average Bonchev–Trinajstić information content (AvgIpc) is 2.47. The lowest BCUT2D eigenvalue weighted by Crippen LogP contribution is -2.20. The van der Waals surface area contributed by atoms with Gasteiger partial charge in [0.25, 0.3) is 0 Å². The summed E-state index contributed by atoms with van der Waals surface area (Å²) in [7, 11) is 0. The Hall–Kier alpha value is -1.11. The van der Waals surface area contributed by atoms with E-state index in [1.165, 1.54) is 19.3 Å². The van der Waals surface area contributed by atoms with Crippen LogP contribution in [0.25, 0.3) is 3.58 Å². The lowest BCUT2D eigenvalue weighted by molar-refractivity contribution is -0.491. The van der Waals surface area contributed by atoms with Gasteiger partial charge in [-0.2, -0.15) is 0 Å². The van der Waals surface area contributed by atoms with Gasteiger partial charge in [-0.25, -0.2) is 0 Å². The maximum Gasteiger partial charge on any atom is 0.244 e. The molecule has 0 amide bonds. The molecule has 5 heteroatoms. The van der Waals surface area contributed by atoms with Crippen LogP contribution in [0, 0.1) is 10.1 Å². The Kier molecular flexibility index (Phi) is 6.02. The van der Waals surface area contributed by atoms with Gasteiger partial charge in [0, 0.05) is 16.9 Å². The molecule has 114 valence electrons. The molecule has 0 aromatic heterocycles. The van der Waals surface area contributed by atoms with Crippen LogP contribution in [0.15, 0.2) is 30.0 Å². The fourth-order valence-electron chi connectivity index (χ4n) is 2.57. The first kappa shape index (κ1) is 16.3. The molecule has 0 bridgehead atoms. The van der Waals surface area contributed by atoms with Crippen LogP contribution in [0.2, 0.25) is 0 Å². The topological polar surface area (TPSA) is 52.4 Å². The van der Waals surface area contributed by atoms with Crippen molar-refractivity contribution < 1.29 is 9.66 Å². The summed E-state index contributed by atoms with van der Waals surface area (Å²) in [6.07, 6.45) is 5.07. The summed E-state index contributed by atoms with van der Waals surface area (Å²) in [4.78, 5) is 10.6. The zero-order chi connectivity index (χ0) is 15.2. The Morgan fingerprint density at radius 1 is 1.29 bits per heavy atom. The summed E-state index contributed by atoms with van der Waals surface area (Å²) in [5.41, 5.74) is 2.01. The average molecular weight is 401 g/mol. The van der Waals surface area contributed by atoms with Gasteiger partial charge in [-0.05, 0) is 34.6 Å². The number of ether oxygens (including phenoxy) is 1. The van der Waals surface area contributed by atoms with Crippen LogP contribution in [0.5, 0.6) is 0 Å². The zero-order valence-corrected chi connectivity index (χ0v) is 14.3. The molecule has 0 saturated carbocycles. The first-order valence-electron chi connectivity index (χ1n) is 7.40. The van der Waals surface area contributed by atoms with E-state index in [2.05, 4.69) is 29.5 Å². The fourth-order valence-corrected chi connectivity index (χ4v) is 3.45. The van der Waals surface area contributed by atoms with Crippen molar-refractivity contribution in [1.82, 2.24) is 0 Å². The highest BCUT2D eigenvalue weighted by Crippen LogP contribution is 2.41. The summed E-state index contributed by atoms with van der Waals surface area (Å²) in [5.74, 6) is 0.914. The minimum absolute atomic E-state index is 0.181. The summed E-state index contributed by atoms with van der Waals surface area (Å²) >= 11 is 2.30. The van der Waals surface area contributed by atoms with Crippen molar-refractivity contribution in [2.45, 2.75) is 45.1 Å². The van der Waals surface area contributed by atoms with E-state index < -0.39 is 6.10 Å². The molecule has 4 nitrogen and oxygen atoms in total. The minimum Gasteiger partial charge on any atom is -0.482 e. The third kappa shape index (κ3) is 4.18. The van der Waals surface area contributed by atoms with Gasteiger partial charge in [0.1, 0.15) is 5.76 Å². The van der Waals surface area contributed by atoms with Gasteiger partial charge in [-0.1, -0.05) is 50.5 Å². The predicted octanol–water partition coefficient (Wildman–Crippen LogP) is 5.11. The van der Waals surface area contributed by atoms with Gasteiger partial charge in [0.05, 0.1) is 3.58 Å². The maximum absolute atomic E-state index is 10.9. The van der Waals surface area contributed by atoms with Gasteiger partial charge in [-0.15, -0.1) is 0 Å². The molecule has 1 aliphatic rings. The van der Waals surface area contributed by atoms with E-state index >= 15 is 0 Å². The van der Waals surface area contributed by atoms with E-state index in [1.54, 1.807) is 0 Å². The quantitative estimate of drug-likeness (QED) is 0.276. The lowest BCUT2D eigenvalue weighted by atomic mass is 9.98. The Bertz CT molecular complexity index is 542. The fraction of sp³-hybridized carbons (Fsp3) is 0.500. The highest BCUT2D eigenvalue weighted by molar-refractivity contribution is 14.1. The summed E-state index contributed by atoms with van der Waals surface area (Å²) < 4.78 is 7.04. The third-order valence-corrected chi connectivity index (χ3v) is 4.83. The number of halogens is 1. The van der Waals surface area contributed by atoms with Crippen LogP contribution in [-0.4, -0.2) is 11.5 Å². The molecule has 1 heterocycles. The molecule has 0 spiro atoms. The first-order valence-corrected chi connectivity index (χ1v) is 8.47. The molecule has 0 saturated heterocycles. The molecule has 1 aromatic carbocycles. The largest absolute Gasteiger partial charge is 0.482 e. The Labute approximate surface area is 138 Å². The lowest BCUT2D eigenvalue weighted by Gasteiger charge is -2.27. The molecule has 0 N–H and O–H groups in total. The van der Waals surface area contributed by atoms with Crippen LogP contribution in [0.1, 0.15) is 56.3 Å². The molecule has 1 unspecified atom stereocenters. The van der Waals surface area contributed by atoms with Crippen molar-refractivity contribution >= 4 is 26.2 Å². The maximum atomic E-state index is 10.9. The standard InChI is InChI=1S/C16H20INO3/c1-2-3-4-5-10-14-16(17)13-9-7-6-8-12(13)15(21-14)11-18(19)20/h6-9,15H,2-5,10-11H2,1H3. The van der Waals surface area contributed by atoms with E-state index in [0.29, 0.717) is 0 Å². The van der Waals surface area contributed by atoms with Crippen LogP contribution in [0.4, 0.5) is 0 Å². The monoisotopic (exact) mass is 401 g/mol. The van der Waals surface area contributed by atoms with Gasteiger partial charge in [0.2, 0.25) is 6.54 Å². The number of fused-ring (bicyclic) bond motifs is 1. The Morgan fingerprint density at radius 2 is 2.05 bits per heavy atom. The van der Waals surface area contributed by atoms with E-state index in [0.717, 1.165) is 33.3 Å². The van der Waals surface area contributed by atoms with E-state index in [1.807, 2.05) is 24.3 Å². The van der Waals surface area contributed by atoms with Crippen molar-refractivity contribution in [2.24, 2.45) is 0 Å². The molecular weight excluding hydrogens is 381 g/mol. The Morgan fingerprint density at radius 3 is 2.76 bits per heavy atom. The molecular formula is C16H20INO3. The number of rotatable bonds is 7. The van der Waals surface area contributed by atoms with Crippen molar-refractivity contribution in [3.05, 3.63) is 51.3 Å². The zero-order valence-electron chi connectivity index (χ0n) is 12.2. The SMILES string of the molecule is CCCCCCC1=C(I)c2ccccc2C(C[N+](=O)[O-])O1. The number of benzene rings is 1. The summed E-state index contributed by atoms with van der Waals surface area (Å²) in [5, 5.41) is 10.9. The van der Waals surface area contributed by atoms with Crippen LogP contribution in [-0.2, 0) is 4.74 Å². The molecule has 1 aliphatic heterocycles. The van der Waals surface area contributed by atoms with Crippen molar-refractivity contribution in [3.8, 4) is 0 Å². The highest BCUT2D eigenvalue weighted by Gasteiger charge is 2.29. The number of allylic oxidation sites excluding steroid dienone is 1. The molecule has 0 aliphatic carbocycles. The number of unbranched alkanes of at least 4 members (excludes halogenated alkanes) is 3.